The maximum absolute atomic E-state index is 12.2. The molecule has 0 atom stereocenters. The smallest absolute Gasteiger partial charge is 0.271 e. The Kier molecular flexibility index (Phi) is 6.18. The van der Waals surface area contributed by atoms with Gasteiger partial charge in [0.1, 0.15) is 5.02 Å². The summed E-state index contributed by atoms with van der Waals surface area (Å²) < 4.78 is 0. The van der Waals surface area contributed by atoms with E-state index >= 15 is 0 Å². The second-order valence-electron chi connectivity index (χ2n) is 7.36. The van der Waals surface area contributed by atoms with Crippen molar-refractivity contribution in [1.82, 2.24) is 15.3 Å². The van der Waals surface area contributed by atoms with Crippen LogP contribution in [-0.4, -0.2) is 27.8 Å². The molecule has 1 aromatic heterocycles. The maximum atomic E-state index is 12.2. The number of hydrogen-bond acceptors (Lipinski definition) is 7. The van der Waals surface area contributed by atoms with Crippen molar-refractivity contribution in [2.24, 2.45) is 0 Å². The van der Waals surface area contributed by atoms with E-state index in [-0.39, 0.29) is 22.6 Å². The molecule has 1 heterocycles. The molecule has 10 heteroatoms. The number of carbonyl (C=O) groups is 1. The highest BCUT2D eigenvalue weighted by atomic mass is 35.5. The van der Waals surface area contributed by atoms with Crippen molar-refractivity contribution in [3.05, 3.63) is 74.4 Å². The number of nitro groups is 1. The number of fused-ring (bicyclic) bond motifs is 1. The summed E-state index contributed by atoms with van der Waals surface area (Å²) in [4.78, 5) is 31.8. The first-order valence-corrected chi connectivity index (χ1v) is 10.5. The fraction of sp³-hybridized carbons (Fsp3) is 0.227. The van der Waals surface area contributed by atoms with Gasteiger partial charge >= 0.3 is 0 Å². The zero-order chi connectivity index (χ0) is 22.7. The molecule has 0 unspecified atom stereocenters. The Morgan fingerprint density at radius 2 is 1.91 bits per heavy atom. The molecular formula is C22H21ClN6O3. The van der Waals surface area contributed by atoms with Crippen molar-refractivity contribution in [3.63, 3.8) is 0 Å². The van der Waals surface area contributed by atoms with Crippen molar-refractivity contribution in [3.8, 4) is 0 Å². The van der Waals surface area contributed by atoms with Crippen LogP contribution in [0.3, 0.4) is 0 Å². The van der Waals surface area contributed by atoms with E-state index in [4.69, 9.17) is 11.6 Å². The Hall–Kier alpha value is -3.72. The molecule has 3 aromatic rings. The van der Waals surface area contributed by atoms with Crippen molar-refractivity contribution in [1.29, 1.82) is 0 Å². The third-order valence-electron chi connectivity index (χ3n) is 5.30. The van der Waals surface area contributed by atoms with Crippen LogP contribution >= 0.6 is 11.6 Å². The monoisotopic (exact) mass is 452 g/mol. The number of hydrogen-bond donors (Lipinski definition) is 3. The molecule has 32 heavy (non-hydrogen) atoms. The minimum Gasteiger partial charge on any atom is -0.355 e. The number of para-hydroxylation sites is 1. The predicted molar refractivity (Wildman–Crippen MR) is 123 cm³/mol. The van der Waals surface area contributed by atoms with Crippen LogP contribution in [0.2, 0.25) is 5.02 Å². The zero-order valence-corrected chi connectivity index (χ0v) is 18.1. The summed E-state index contributed by atoms with van der Waals surface area (Å²) in [5.41, 5.74) is 3.63. The largest absolute Gasteiger partial charge is 0.355 e. The zero-order valence-electron chi connectivity index (χ0n) is 17.3. The van der Waals surface area contributed by atoms with E-state index in [1.54, 1.807) is 37.4 Å². The number of amides is 1. The number of non-ortho nitro benzene ring substituents is 1. The molecule has 9 nitrogen and oxygen atoms in total. The lowest BCUT2D eigenvalue weighted by Gasteiger charge is -2.20. The lowest BCUT2D eigenvalue weighted by Crippen LogP contribution is -2.19. The minimum atomic E-state index is -0.397. The molecule has 3 N–H and O–H groups in total. The highest BCUT2D eigenvalue weighted by Gasteiger charge is 2.20. The topological polar surface area (TPSA) is 122 Å². The number of aryl methyl sites for hydroxylation is 1. The van der Waals surface area contributed by atoms with Crippen LogP contribution in [0.5, 0.6) is 0 Å². The molecular weight excluding hydrogens is 432 g/mol. The van der Waals surface area contributed by atoms with E-state index < -0.39 is 4.92 Å². The van der Waals surface area contributed by atoms with Crippen LogP contribution in [0.1, 0.15) is 34.3 Å². The average molecular weight is 453 g/mol. The Labute approximate surface area is 189 Å². The quantitative estimate of drug-likeness (QED) is 0.364. The number of halogens is 1. The van der Waals surface area contributed by atoms with Crippen molar-refractivity contribution < 1.29 is 9.72 Å². The number of aromatic nitrogens is 2. The summed E-state index contributed by atoms with van der Waals surface area (Å²) in [6.45, 7) is 0. The van der Waals surface area contributed by atoms with Gasteiger partial charge in [0.2, 0.25) is 5.95 Å². The number of benzene rings is 2. The highest BCUT2D eigenvalue weighted by Crippen LogP contribution is 2.34. The van der Waals surface area contributed by atoms with Crippen molar-refractivity contribution >= 4 is 46.3 Å². The molecule has 4 rings (SSSR count). The first-order valence-electron chi connectivity index (χ1n) is 10.1. The van der Waals surface area contributed by atoms with E-state index in [2.05, 4.69) is 25.9 Å². The fourth-order valence-electron chi connectivity index (χ4n) is 3.76. The summed E-state index contributed by atoms with van der Waals surface area (Å²) in [7, 11) is 1.55. The Morgan fingerprint density at radius 3 is 2.69 bits per heavy atom. The molecule has 0 radical (unpaired) electrons. The number of nitro benzene ring substituents is 1. The molecule has 0 aliphatic heterocycles. The van der Waals surface area contributed by atoms with E-state index in [9.17, 15) is 14.9 Å². The number of carbonyl (C=O) groups excluding carboxylic acids is 1. The molecule has 1 aliphatic rings. The summed E-state index contributed by atoms with van der Waals surface area (Å²) in [5, 5.41) is 20.5. The second-order valence-corrected chi connectivity index (χ2v) is 7.77. The van der Waals surface area contributed by atoms with Gasteiger partial charge in [0.15, 0.2) is 5.82 Å². The Bertz CT molecular complexity index is 1200. The normalized spacial score (nSPS) is 12.6. The summed E-state index contributed by atoms with van der Waals surface area (Å²) >= 11 is 6.29. The lowest BCUT2D eigenvalue weighted by molar-refractivity contribution is -0.384. The molecule has 0 saturated carbocycles. The van der Waals surface area contributed by atoms with E-state index in [0.29, 0.717) is 22.8 Å². The Morgan fingerprint density at radius 1 is 1.12 bits per heavy atom. The highest BCUT2D eigenvalue weighted by molar-refractivity contribution is 6.33. The van der Waals surface area contributed by atoms with Gasteiger partial charge in [-0.15, -0.1) is 0 Å². The number of nitrogens with zero attached hydrogens (tertiary/aromatic N) is 3. The molecule has 2 aromatic carbocycles. The Balaban J connectivity index is 1.67. The minimum absolute atomic E-state index is 0.0277. The maximum Gasteiger partial charge on any atom is 0.271 e. The fourth-order valence-corrected chi connectivity index (χ4v) is 3.89. The van der Waals surface area contributed by atoms with Gasteiger partial charge in [0.25, 0.3) is 11.6 Å². The van der Waals surface area contributed by atoms with E-state index in [1.165, 1.54) is 12.3 Å². The molecule has 0 bridgehead atoms. The number of rotatable bonds is 6. The van der Waals surface area contributed by atoms with E-state index in [0.717, 1.165) is 36.8 Å². The van der Waals surface area contributed by atoms with Crippen LogP contribution in [0.25, 0.3) is 0 Å². The molecule has 0 saturated heterocycles. The first-order chi connectivity index (χ1) is 15.5. The van der Waals surface area contributed by atoms with Crippen LogP contribution in [0, 0.1) is 10.1 Å². The van der Waals surface area contributed by atoms with Gasteiger partial charge in [-0.05, 0) is 48.9 Å². The van der Waals surface area contributed by atoms with Crippen molar-refractivity contribution in [2.45, 2.75) is 25.7 Å². The van der Waals surface area contributed by atoms with Gasteiger partial charge in [-0.1, -0.05) is 23.7 Å². The number of anilines is 4. The molecule has 0 fully saturated rings. The molecule has 1 aliphatic carbocycles. The molecule has 164 valence electrons. The van der Waals surface area contributed by atoms with Crippen LogP contribution in [0.4, 0.5) is 28.8 Å². The number of nitrogens with one attached hydrogen (secondary N) is 3. The molecule has 1 amide bonds. The molecule has 0 spiro atoms. The summed E-state index contributed by atoms with van der Waals surface area (Å²) in [6, 6.07) is 10.1. The average Bonchev–Trinajstić information content (AvgIpc) is 2.81. The SMILES string of the molecule is CNC(=O)c1ccccc1Nc1nc(Nc2cc([N+](=O)[O-])cc3c2CCCC3)ncc1Cl. The predicted octanol–water partition coefficient (Wildman–Crippen LogP) is 4.76. The van der Waals surface area contributed by atoms with Crippen LogP contribution < -0.4 is 16.0 Å². The van der Waals surface area contributed by atoms with E-state index in [1.807, 2.05) is 0 Å². The lowest BCUT2D eigenvalue weighted by atomic mass is 9.90. The first kappa shape index (κ1) is 21.5. The summed E-state index contributed by atoms with van der Waals surface area (Å²) in [6.07, 6.45) is 5.09. The van der Waals surface area contributed by atoms with Crippen molar-refractivity contribution in [2.75, 3.05) is 17.7 Å². The van der Waals surface area contributed by atoms with Gasteiger partial charge in [0, 0.05) is 19.2 Å². The van der Waals surface area contributed by atoms with Gasteiger partial charge in [-0.3, -0.25) is 14.9 Å². The standard InChI is InChI=1S/C22H21ClN6O3/c1-24-21(30)16-8-4-5-9-18(16)26-20-17(23)12-25-22(28-20)27-19-11-14(29(31)32)10-13-6-2-3-7-15(13)19/h4-5,8-12H,2-3,6-7H2,1H3,(H,24,30)(H2,25,26,27,28). The van der Waals surface area contributed by atoms with Crippen LogP contribution in [0.15, 0.2) is 42.6 Å². The van der Waals surface area contributed by atoms with Crippen LogP contribution in [-0.2, 0) is 12.8 Å². The second kappa shape index (κ2) is 9.19. The third kappa shape index (κ3) is 4.47. The van der Waals surface area contributed by atoms with Gasteiger partial charge < -0.3 is 16.0 Å². The van der Waals surface area contributed by atoms with Gasteiger partial charge in [-0.2, -0.15) is 4.98 Å². The van der Waals surface area contributed by atoms with Gasteiger partial charge in [0.05, 0.1) is 28.1 Å². The summed E-state index contributed by atoms with van der Waals surface area (Å²) in [5.74, 6) is 0.294. The van der Waals surface area contributed by atoms with Gasteiger partial charge in [-0.25, -0.2) is 4.98 Å². The third-order valence-corrected chi connectivity index (χ3v) is 5.58.